The van der Waals surface area contributed by atoms with Gasteiger partial charge in [0.2, 0.25) is 0 Å². The summed E-state index contributed by atoms with van der Waals surface area (Å²) < 4.78 is 22.8. The average molecular weight is 271 g/mol. The molecule has 0 unspecified atom stereocenters. The Morgan fingerprint density at radius 3 is 2.19 bits per heavy atom. The maximum absolute atomic E-state index is 11.4. The molecule has 98 valence electrons. The smallest absolute Gasteiger partial charge is 0.151 e. The molecule has 0 aromatic heterocycles. The highest BCUT2D eigenvalue weighted by molar-refractivity contribution is 7.91. The summed E-state index contributed by atoms with van der Waals surface area (Å²) in [5.41, 5.74) is 0. The molecule has 6 heteroatoms. The molecule has 1 aliphatic rings. The van der Waals surface area contributed by atoms with Crippen LogP contribution in [-0.4, -0.2) is 56.5 Å². The van der Waals surface area contributed by atoms with Crippen molar-refractivity contribution >= 4 is 22.2 Å². The van der Waals surface area contributed by atoms with E-state index in [0.29, 0.717) is 18.6 Å². The molecule has 4 nitrogen and oxygen atoms in total. The minimum Gasteiger partial charge on any atom is -0.314 e. The minimum atomic E-state index is -2.83. The summed E-state index contributed by atoms with van der Waals surface area (Å²) in [6.07, 6.45) is 0. The first-order valence-corrected chi connectivity index (χ1v) is 7.45. The van der Waals surface area contributed by atoms with Crippen molar-refractivity contribution in [3.05, 3.63) is 0 Å². The highest BCUT2D eigenvalue weighted by Gasteiger charge is 2.25. The Kier molecular flexibility index (Phi) is 6.86. The van der Waals surface area contributed by atoms with Gasteiger partial charge in [-0.15, -0.1) is 12.4 Å². The Labute approximate surface area is 105 Å². The fraction of sp³-hybridized carbons (Fsp3) is 1.00. The number of rotatable bonds is 4. The van der Waals surface area contributed by atoms with Crippen LogP contribution in [0.3, 0.4) is 0 Å². The summed E-state index contributed by atoms with van der Waals surface area (Å²) in [5, 5.41) is 3.33. The summed E-state index contributed by atoms with van der Waals surface area (Å²) in [5.74, 6) is 0.542. The van der Waals surface area contributed by atoms with E-state index in [9.17, 15) is 8.42 Å². The lowest BCUT2D eigenvalue weighted by atomic mass is 10.1. The molecule has 0 aromatic rings. The first-order valence-electron chi connectivity index (χ1n) is 5.63. The van der Waals surface area contributed by atoms with Gasteiger partial charge in [0.25, 0.3) is 0 Å². The first kappa shape index (κ1) is 16.2. The standard InChI is InChI=1S/C10H22N2O2S.ClH/c1-4-15(13,14)6-5-12-9(2)7-11-8-10(12)3;/h9-11H,4-8H2,1-3H3;1H/t9-,10+;. The van der Waals surface area contributed by atoms with Crippen LogP contribution in [0, 0.1) is 0 Å². The zero-order valence-corrected chi connectivity index (χ0v) is 11.9. The number of nitrogens with one attached hydrogen (secondary N) is 1. The van der Waals surface area contributed by atoms with Gasteiger partial charge >= 0.3 is 0 Å². The van der Waals surface area contributed by atoms with Gasteiger partial charge in [-0.25, -0.2) is 8.42 Å². The summed E-state index contributed by atoms with van der Waals surface area (Å²) in [6, 6.07) is 0.863. The molecule has 0 aliphatic carbocycles. The Balaban J connectivity index is 0.00000225. The van der Waals surface area contributed by atoms with Crippen molar-refractivity contribution in [2.45, 2.75) is 32.9 Å². The van der Waals surface area contributed by atoms with Crippen LogP contribution < -0.4 is 5.32 Å². The molecule has 1 N–H and O–H groups in total. The fourth-order valence-corrected chi connectivity index (χ4v) is 2.78. The second-order valence-electron chi connectivity index (χ2n) is 4.33. The predicted octanol–water partition coefficient (Wildman–Crippen LogP) is 0.525. The Hall–Kier alpha value is 0.160. The molecule has 0 spiro atoms. The van der Waals surface area contributed by atoms with Crippen molar-refractivity contribution in [3.63, 3.8) is 0 Å². The molecule has 16 heavy (non-hydrogen) atoms. The van der Waals surface area contributed by atoms with Gasteiger partial charge in [0.05, 0.1) is 5.75 Å². The predicted molar refractivity (Wildman–Crippen MR) is 70.1 cm³/mol. The SMILES string of the molecule is CCS(=O)(=O)CCN1[C@H](C)CNC[C@@H]1C.Cl. The lowest BCUT2D eigenvalue weighted by Crippen LogP contribution is -2.56. The van der Waals surface area contributed by atoms with Crippen molar-refractivity contribution < 1.29 is 8.42 Å². The highest BCUT2D eigenvalue weighted by atomic mass is 35.5. The third-order valence-electron chi connectivity index (χ3n) is 3.11. The summed E-state index contributed by atoms with van der Waals surface area (Å²) >= 11 is 0. The molecule has 0 bridgehead atoms. The zero-order chi connectivity index (χ0) is 11.5. The molecule has 1 rings (SSSR count). The minimum absolute atomic E-state index is 0. The van der Waals surface area contributed by atoms with E-state index in [0.717, 1.165) is 13.1 Å². The number of hydrogen-bond acceptors (Lipinski definition) is 4. The third kappa shape index (κ3) is 4.57. The largest absolute Gasteiger partial charge is 0.314 e. The average Bonchev–Trinajstić information content (AvgIpc) is 2.17. The second-order valence-corrected chi connectivity index (χ2v) is 6.80. The summed E-state index contributed by atoms with van der Waals surface area (Å²) in [4.78, 5) is 2.28. The van der Waals surface area contributed by atoms with Crippen LogP contribution in [0.15, 0.2) is 0 Å². The van der Waals surface area contributed by atoms with E-state index in [1.165, 1.54) is 0 Å². The molecule has 0 aromatic carbocycles. The van der Waals surface area contributed by atoms with Crippen LogP contribution in [0.4, 0.5) is 0 Å². The normalized spacial score (nSPS) is 27.4. The van der Waals surface area contributed by atoms with Crippen LogP contribution in [-0.2, 0) is 9.84 Å². The van der Waals surface area contributed by atoms with Gasteiger partial charge in [0, 0.05) is 37.5 Å². The zero-order valence-electron chi connectivity index (χ0n) is 10.3. The monoisotopic (exact) mass is 270 g/mol. The molecular formula is C10H23ClN2O2S. The highest BCUT2D eigenvalue weighted by Crippen LogP contribution is 2.09. The molecule has 1 heterocycles. The Morgan fingerprint density at radius 2 is 1.75 bits per heavy atom. The van der Waals surface area contributed by atoms with Crippen molar-refractivity contribution in [2.75, 3.05) is 31.1 Å². The van der Waals surface area contributed by atoms with Crippen molar-refractivity contribution in [3.8, 4) is 0 Å². The van der Waals surface area contributed by atoms with E-state index in [1.54, 1.807) is 6.92 Å². The van der Waals surface area contributed by atoms with Gasteiger partial charge < -0.3 is 5.32 Å². The molecule has 1 saturated heterocycles. The maximum Gasteiger partial charge on any atom is 0.151 e. The van der Waals surface area contributed by atoms with Crippen LogP contribution in [0.5, 0.6) is 0 Å². The lowest BCUT2D eigenvalue weighted by Gasteiger charge is -2.39. The van der Waals surface area contributed by atoms with E-state index in [1.807, 2.05) is 0 Å². The first-order chi connectivity index (χ1) is 6.96. The number of sulfone groups is 1. The Bertz CT molecular complexity index is 285. The van der Waals surface area contributed by atoms with Gasteiger partial charge in [-0.05, 0) is 13.8 Å². The molecular weight excluding hydrogens is 248 g/mol. The van der Waals surface area contributed by atoms with Crippen LogP contribution in [0.1, 0.15) is 20.8 Å². The van der Waals surface area contributed by atoms with Crippen LogP contribution >= 0.6 is 12.4 Å². The van der Waals surface area contributed by atoms with Gasteiger partial charge in [0.1, 0.15) is 0 Å². The topological polar surface area (TPSA) is 49.4 Å². The number of hydrogen-bond donors (Lipinski definition) is 1. The van der Waals surface area contributed by atoms with Crippen LogP contribution in [0.25, 0.3) is 0 Å². The molecule has 2 atom stereocenters. The molecule has 0 saturated carbocycles. The van der Waals surface area contributed by atoms with E-state index in [2.05, 4.69) is 24.1 Å². The second kappa shape index (κ2) is 6.79. The van der Waals surface area contributed by atoms with Gasteiger partial charge in [-0.1, -0.05) is 6.92 Å². The lowest BCUT2D eigenvalue weighted by molar-refractivity contribution is 0.125. The van der Waals surface area contributed by atoms with E-state index < -0.39 is 9.84 Å². The summed E-state index contributed by atoms with van der Waals surface area (Å²) in [7, 11) is -2.83. The van der Waals surface area contributed by atoms with Crippen LogP contribution in [0.2, 0.25) is 0 Å². The van der Waals surface area contributed by atoms with E-state index in [4.69, 9.17) is 0 Å². The fourth-order valence-electron chi connectivity index (χ4n) is 2.00. The van der Waals surface area contributed by atoms with E-state index in [-0.39, 0.29) is 23.9 Å². The summed E-state index contributed by atoms with van der Waals surface area (Å²) in [6.45, 7) is 8.57. The van der Waals surface area contributed by atoms with Crippen molar-refractivity contribution in [1.82, 2.24) is 10.2 Å². The van der Waals surface area contributed by atoms with Gasteiger partial charge in [0.15, 0.2) is 9.84 Å². The number of piperazine rings is 1. The number of nitrogens with zero attached hydrogens (tertiary/aromatic N) is 1. The van der Waals surface area contributed by atoms with E-state index >= 15 is 0 Å². The van der Waals surface area contributed by atoms with Crippen molar-refractivity contribution in [2.24, 2.45) is 0 Å². The third-order valence-corrected chi connectivity index (χ3v) is 4.80. The van der Waals surface area contributed by atoms with Gasteiger partial charge in [-0.2, -0.15) is 0 Å². The molecule has 1 fully saturated rings. The quantitative estimate of drug-likeness (QED) is 0.810. The Morgan fingerprint density at radius 1 is 1.25 bits per heavy atom. The van der Waals surface area contributed by atoms with Gasteiger partial charge in [-0.3, -0.25) is 4.90 Å². The van der Waals surface area contributed by atoms with Crippen molar-refractivity contribution in [1.29, 1.82) is 0 Å². The maximum atomic E-state index is 11.4. The molecule has 0 radical (unpaired) electrons. The number of halogens is 1. The molecule has 1 aliphatic heterocycles. The molecule has 0 amide bonds.